The SMILES string of the molecule is Cc1c(CC2CCCCC2)nc(SCC(O)c2ccc(F)cc2)[nH]c1=O. The summed E-state index contributed by atoms with van der Waals surface area (Å²) in [5.41, 5.74) is 2.11. The third kappa shape index (κ3) is 4.95. The number of aromatic nitrogens is 2. The molecule has 1 fully saturated rings. The second kappa shape index (κ2) is 8.82. The van der Waals surface area contributed by atoms with Gasteiger partial charge in [0, 0.05) is 11.3 Å². The van der Waals surface area contributed by atoms with Crippen molar-refractivity contribution in [2.45, 2.75) is 56.7 Å². The predicted molar refractivity (Wildman–Crippen MR) is 102 cm³/mol. The molecule has 6 heteroatoms. The largest absolute Gasteiger partial charge is 0.388 e. The number of hydrogen-bond acceptors (Lipinski definition) is 4. The molecule has 1 aliphatic rings. The third-order valence-corrected chi connectivity index (χ3v) is 6.02. The second-order valence-corrected chi connectivity index (χ2v) is 8.04. The van der Waals surface area contributed by atoms with Crippen LogP contribution in [0.3, 0.4) is 0 Å². The number of hydrogen-bond donors (Lipinski definition) is 2. The van der Waals surface area contributed by atoms with E-state index in [-0.39, 0.29) is 11.4 Å². The standard InChI is InChI=1S/C20H25FN2O2S/c1-13-17(11-14-5-3-2-4-6-14)22-20(23-19(13)25)26-12-18(24)15-7-9-16(21)10-8-15/h7-10,14,18,24H,2-6,11-12H2,1H3,(H,22,23,25). The molecule has 0 bridgehead atoms. The van der Waals surface area contributed by atoms with E-state index >= 15 is 0 Å². The number of benzene rings is 1. The molecule has 1 unspecified atom stereocenters. The molecule has 4 nitrogen and oxygen atoms in total. The van der Waals surface area contributed by atoms with E-state index in [4.69, 9.17) is 0 Å². The zero-order valence-corrected chi connectivity index (χ0v) is 15.8. The fourth-order valence-electron chi connectivity index (χ4n) is 3.43. The lowest BCUT2D eigenvalue weighted by Gasteiger charge is -2.21. The summed E-state index contributed by atoms with van der Waals surface area (Å²) in [5, 5.41) is 10.8. The van der Waals surface area contributed by atoms with E-state index in [1.165, 1.54) is 56.0 Å². The van der Waals surface area contributed by atoms with Gasteiger partial charge in [0.15, 0.2) is 5.16 Å². The fraction of sp³-hybridized carbons (Fsp3) is 0.500. The van der Waals surface area contributed by atoms with E-state index in [9.17, 15) is 14.3 Å². The van der Waals surface area contributed by atoms with Crippen molar-refractivity contribution in [2.75, 3.05) is 5.75 Å². The summed E-state index contributed by atoms with van der Waals surface area (Å²) in [6.07, 6.45) is 6.36. The van der Waals surface area contributed by atoms with Gasteiger partial charge in [-0.2, -0.15) is 0 Å². The van der Waals surface area contributed by atoms with Crippen LogP contribution in [0.2, 0.25) is 0 Å². The van der Waals surface area contributed by atoms with Gasteiger partial charge in [-0.05, 0) is 37.0 Å². The summed E-state index contributed by atoms with van der Waals surface area (Å²) in [6.45, 7) is 1.83. The van der Waals surface area contributed by atoms with E-state index in [2.05, 4.69) is 9.97 Å². The van der Waals surface area contributed by atoms with Gasteiger partial charge in [-0.1, -0.05) is 56.0 Å². The van der Waals surface area contributed by atoms with Crippen LogP contribution >= 0.6 is 11.8 Å². The highest BCUT2D eigenvalue weighted by Crippen LogP contribution is 2.28. The van der Waals surface area contributed by atoms with E-state index < -0.39 is 6.10 Å². The molecule has 1 saturated carbocycles. The van der Waals surface area contributed by atoms with E-state index in [1.54, 1.807) is 12.1 Å². The van der Waals surface area contributed by atoms with Crippen molar-refractivity contribution in [3.8, 4) is 0 Å². The Bertz CT molecular complexity index is 785. The van der Waals surface area contributed by atoms with Gasteiger partial charge in [0.25, 0.3) is 5.56 Å². The molecule has 0 amide bonds. The van der Waals surface area contributed by atoms with E-state index in [0.717, 1.165) is 12.1 Å². The maximum absolute atomic E-state index is 13.0. The molecule has 0 saturated heterocycles. The van der Waals surface area contributed by atoms with Crippen LogP contribution in [0.25, 0.3) is 0 Å². The van der Waals surface area contributed by atoms with Crippen LogP contribution in [-0.2, 0) is 6.42 Å². The number of thioether (sulfide) groups is 1. The second-order valence-electron chi connectivity index (χ2n) is 7.03. The van der Waals surface area contributed by atoms with Crippen LogP contribution in [0.15, 0.2) is 34.2 Å². The van der Waals surface area contributed by atoms with Crippen molar-refractivity contribution in [2.24, 2.45) is 5.92 Å². The Labute approximate surface area is 157 Å². The molecule has 26 heavy (non-hydrogen) atoms. The molecule has 1 aromatic heterocycles. The maximum atomic E-state index is 13.0. The molecular weight excluding hydrogens is 351 g/mol. The Kier molecular flexibility index (Phi) is 6.48. The first-order valence-electron chi connectivity index (χ1n) is 9.19. The molecule has 1 atom stereocenters. The summed E-state index contributed by atoms with van der Waals surface area (Å²) >= 11 is 1.32. The van der Waals surface area contributed by atoms with Crippen molar-refractivity contribution < 1.29 is 9.50 Å². The lowest BCUT2D eigenvalue weighted by Crippen LogP contribution is -2.19. The normalized spacial score (nSPS) is 16.6. The van der Waals surface area contributed by atoms with Gasteiger partial charge in [-0.3, -0.25) is 4.79 Å². The van der Waals surface area contributed by atoms with Crippen molar-refractivity contribution in [1.29, 1.82) is 0 Å². The van der Waals surface area contributed by atoms with Crippen molar-refractivity contribution >= 4 is 11.8 Å². The number of H-pyrrole nitrogens is 1. The summed E-state index contributed by atoms with van der Waals surface area (Å²) in [4.78, 5) is 19.7. The first kappa shape index (κ1) is 19.1. The van der Waals surface area contributed by atoms with E-state index in [0.29, 0.717) is 28.0 Å². The minimum atomic E-state index is -0.742. The Morgan fingerprint density at radius 2 is 1.96 bits per heavy atom. The first-order valence-corrected chi connectivity index (χ1v) is 10.2. The van der Waals surface area contributed by atoms with Crippen molar-refractivity contribution in [3.05, 3.63) is 57.3 Å². The number of aromatic amines is 1. The Morgan fingerprint density at radius 3 is 2.65 bits per heavy atom. The molecule has 0 aliphatic heterocycles. The molecule has 0 spiro atoms. The number of halogens is 1. The van der Waals surface area contributed by atoms with E-state index in [1.807, 2.05) is 6.92 Å². The number of nitrogens with zero attached hydrogens (tertiary/aromatic N) is 1. The number of aliphatic hydroxyl groups is 1. The molecule has 1 aliphatic carbocycles. The Balaban J connectivity index is 1.67. The molecule has 0 radical (unpaired) electrons. The van der Waals surface area contributed by atoms with Gasteiger partial charge >= 0.3 is 0 Å². The minimum Gasteiger partial charge on any atom is -0.388 e. The van der Waals surface area contributed by atoms with Crippen LogP contribution in [0.5, 0.6) is 0 Å². The van der Waals surface area contributed by atoms with Crippen LogP contribution in [-0.4, -0.2) is 20.8 Å². The highest BCUT2D eigenvalue weighted by Gasteiger charge is 2.18. The predicted octanol–water partition coefficient (Wildman–Crippen LogP) is 4.17. The highest BCUT2D eigenvalue weighted by atomic mass is 32.2. The monoisotopic (exact) mass is 376 g/mol. The van der Waals surface area contributed by atoms with Crippen LogP contribution in [0.1, 0.15) is 55.0 Å². The molecule has 3 rings (SSSR count). The Hall–Kier alpha value is -1.66. The van der Waals surface area contributed by atoms with Crippen molar-refractivity contribution in [1.82, 2.24) is 9.97 Å². The highest BCUT2D eigenvalue weighted by molar-refractivity contribution is 7.99. The number of aliphatic hydroxyl groups excluding tert-OH is 1. The van der Waals surface area contributed by atoms with Gasteiger partial charge in [-0.25, -0.2) is 9.37 Å². The average molecular weight is 376 g/mol. The van der Waals surface area contributed by atoms with Gasteiger partial charge in [-0.15, -0.1) is 0 Å². The zero-order chi connectivity index (χ0) is 18.5. The Morgan fingerprint density at radius 1 is 1.27 bits per heavy atom. The summed E-state index contributed by atoms with van der Waals surface area (Å²) in [6, 6.07) is 5.80. The molecular formula is C20H25FN2O2S. The van der Waals surface area contributed by atoms with Crippen molar-refractivity contribution in [3.63, 3.8) is 0 Å². The lowest BCUT2D eigenvalue weighted by molar-refractivity contribution is 0.204. The lowest BCUT2D eigenvalue weighted by atomic mass is 9.85. The van der Waals surface area contributed by atoms with Gasteiger partial charge in [0.05, 0.1) is 11.8 Å². The van der Waals surface area contributed by atoms with Gasteiger partial charge < -0.3 is 10.1 Å². The minimum absolute atomic E-state index is 0.107. The average Bonchev–Trinajstić information content (AvgIpc) is 2.65. The molecule has 2 N–H and O–H groups in total. The van der Waals surface area contributed by atoms with Gasteiger partial charge in [0.2, 0.25) is 0 Å². The molecule has 2 aromatic rings. The maximum Gasteiger partial charge on any atom is 0.254 e. The first-order chi connectivity index (χ1) is 12.5. The summed E-state index contributed by atoms with van der Waals surface area (Å²) < 4.78 is 13.0. The summed E-state index contributed by atoms with van der Waals surface area (Å²) in [7, 11) is 0. The van der Waals surface area contributed by atoms with Crippen LogP contribution in [0.4, 0.5) is 4.39 Å². The zero-order valence-electron chi connectivity index (χ0n) is 15.0. The smallest absolute Gasteiger partial charge is 0.254 e. The fourth-order valence-corrected chi connectivity index (χ4v) is 4.27. The number of rotatable bonds is 6. The third-order valence-electron chi connectivity index (χ3n) is 5.07. The van der Waals surface area contributed by atoms with Crippen LogP contribution < -0.4 is 5.56 Å². The topological polar surface area (TPSA) is 66.0 Å². The van der Waals surface area contributed by atoms with Crippen LogP contribution in [0, 0.1) is 18.7 Å². The summed E-state index contributed by atoms with van der Waals surface area (Å²) in [5.74, 6) is 0.630. The molecule has 1 aromatic carbocycles. The number of nitrogens with one attached hydrogen (secondary N) is 1. The van der Waals surface area contributed by atoms with Gasteiger partial charge in [0.1, 0.15) is 5.82 Å². The molecule has 140 valence electrons. The molecule has 1 heterocycles. The quantitative estimate of drug-likeness (QED) is 0.587.